The molecule has 0 bridgehead atoms. The van der Waals surface area contributed by atoms with Crippen molar-refractivity contribution in [1.82, 2.24) is 9.97 Å². The lowest BCUT2D eigenvalue weighted by Gasteiger charge is -2.35. The highest BCUT2D eigenvalue weighted by atomic mass is 16.3. The minimum atomic E-state index is -0.251. The van der Waals surface area contributed by atoms with Crippen molar-refractivity contribution >= 4 is 0 Å². The average molecular weight is 236 g/mol. The molecule has 1 aliphatic carbocycles. The van der Waals surface area contributed by atoms with Crippen LogP contribution in [0.2, 0.25) is 0 Å². The SMILES string of the molecule is CC(C)CC1(C(O)Cc2ncc[nH]2)CCCC1. The van der Waals surface area contributed by atoms with Crippen molar-refractivity contribution < 1.29 is 5.11 Å². The molecule has 1 aromatic rings. The van der Waals surface area contributed by atoms with E-state index in [-0.39, 0.29) is 11.5 Å². The van der Waals surface area contributed by atoms with Gasteiger partial charge in [-0.15, -0.1) is 0 Å². The maximum absolute atomic E-state index is 10.6. The second kappa shape index (κ2) is 5.21. The van der Waals surface area contributed by atoms with Crippen molar-refractivity contribution in [2.75, 3.05) is 0 Å². The van der Waals surface area contributed by atoms with E-state index in [4.69, 9.17) is 0 Å². The van der Waals surface area contributed by atoms with Crippen LogP contribution < -0.4 is 0 Å². The number of imidazole rings is 1. The van der Waals surface area contributed by atoms with E-state index in [2.05, 4.69) is 23.8 Å². The second-order valence-corrected chi connectivity index (χ2v) is 5.92. The molecule has 2 N–H and O–H groups in total. The first-order valence-corrected chi connectivity index (χ1v) is 6.79. The summed E-state index contributed by atoms with van der Waals surface area (Å²) >= 11 is 0. The molecule has 1 aliphatic rings. The Balaban J connectivity index is 2.05. The molecule has 0 spiro atoms. The Bertz CT molecular complexity index is 326. The average Bonchev–Trinajstić information content (AvgIpc) is 2.88. The summed E-state index contributed by atoms with van der Waals surface area (Å²) in [5, 5.41) is 10.6. The highest BCUT2D eigenvalue weighted by Crippen LogP contribution is 2.46. The molecule has 0 saturated heterocycles. The molecule has 3 nitrogen and oxygen atoms in total. The van der Waals surface area contributed by atoms with Crippen LogP contribution in [0.4, 0.5) is 0 Å². The van der Waals surface area contributed by atoms with Crippen molar-refractivity contribution in [1.29, 1.82) is 0 Å². The fourth-order valence-electron chi connectivity index (χ4n) is 3.37. The van der Waals surface area contributed by atoms with Crippen molar-refractivity contribution in [3.05, 3.63) is 18.2 Å². The van der Waals surface area contributed by atoms with Gasteiger partial charge in [-0.3, -0.25) is 0 Å². The monoisotopic (exact) mass is 236 g/mol. The lowest BCUT2D eigenvalue weighted by molar-refractivity contribution is 0.0122. The zero-order chi connectivity index (χ0) is 12.3. The van der Waals surface area contributed by atoms with E-state index >= 15 is 0 Å². The van der Waals surface area contributed by atoms with E-state index in [1.54, 1.807) is 6.20 Å². The van der Waals surface area contributed by atoms with E-state index in [9.17, 15) is 5.11 Å². The molecule has 17 heavy (non-hydrogen) atoms. The third kappa shape index (κ3) is 2.89. The van der Waals surface area contributed by atoms with E-state index < -0.39 is 0 Å². The number of hydrogen-bond acceptors (Lipinski definition) is 2. The number of nitrogens with zero attached hydrogens (tertiary/aromatic N) is 1. The third-order valence-corrected chi connectivity index (χ3v) is 4.06. The number of aromatic nitrogens is 2. The van der Waals surface area contributed by atoms with Gasteiger partial charge in [0.15, 0.2) is 0 Å². The molecule has 0 amide bonds. The molecule has 0 radical (unpaired) electrons. The molecule has 96 valence electrons. The van der Waals surface area contributed by atoms with Crippen LogP contribution in [0.3, 0.4) is 0 Å². The lowest BCUT2D eigenvalue weighted by Crippen LogP contribution is -2.36. The summed E-state index contributed by atoms with van der Waals surface area (Å²) in [6.45, 7) is 4.50. The summed E-state index contributed by atoms with van der Waals surface area (Å²) in [6, 6.07) is 0. The quantitative estimate of drug-likeness (QED) is 0.826. The number of rotatable bonds is 5. The molecule has 2 rings (SSSR count). The van der Waals surface area contributed by atoms with Gasteiger partial charge in [0.2, 0.25) is 0 Å². The lowest BCUT2D eigenvalue weighted by atomic mass is 9.73. The molecular formula is C14H24N2O. The van der Waals surface area contributed by atoms with Gasteiger partial charge < -0.3 is 10.1 Å². The van der Waals surface area contributed by atoms with E-state index in [0.717, 1.165) is 12.2 Å². The fourth-order valence-corrected chi connectivity index (χ4v) is 3.37. The number of hydrogen-bond donors (Lipinski definition) is 2. The van der Waals surface area contributed by atoms with Gasteiger partial charge in [0.25, 0.3) is 0 Å². The number of aliphatic hydroxyl groups excluding tert-OH is 1. The first kappa shape index (κ1) is 12.6. The summed E-state index contributed by atoms with van der Waals surface area (Å²) < 4.78 is 0. The fraction of sp³-hybridized carbons (Fsp3) is 0.786. The molecule has 1 saturated carbocycles. The van der Waals surface area contributed by atoms with Gasteiger partial charge in [0, 0.05) is 18.8 Å². The van der Waals surface area contributed by atoms with E-state index in [1.807, 2.05) is 6.20 Å². The molecule has 3 heteroatoms. The Hall–Kier alpha value is -0.830. The molecule has 1 atom stereocenters. The van der Waals surface area contributed by atoms with Crippen LogP contribution in [0.5, 0.6) is 0 Å². The van der Waals surface area contributed by atoms with Crippen molar-refractivity contribution in [2.24, 2.45) is 11.3 Å². The minimum Gasteiger partial charge on any atom is -0.392 e. The summed E-state index contributed by atoms with van der Waals surface area (Å²) in [5.74, 6) is 1.56. The van der Waals surface area contributed by atoms with E-state index in [1.165, 1.54) is 25.7 Å². The predicted octanol–water partition coefficient (Wildman–Crippen LogP) is 2.92. The molecule has 0 aromatic carbocycles. The van der Waals surface area contributed by atoms with Crippen LogP contribution in [0.25, 0.3) is 0 Å². The van der Waals surface area contributed by atoms with E-state index in [0.29, 0.717) is 12.3 Å². The maximum Gasteiger partial charge on any atom is 0.108 e. The standard InChI is InChI=1S/C14H24N2O/c1-11(2)10-14(5-3-4-6-14)12(17)9-13-15-7-8-16-13/h7-8,11-12,17H,3-6,9-10H2,1-2H3,(H,15,16). The minimum absolute atomic E-state index is 0.140. The van der Waals surface area contributed by atoms with Gasteiger partial charge >= 0.3 is 0 Å². The Labute approximate surface area is 104 Å². The number of aromatic amines is 1. The zero-order valence-corrected chi connectivity index (χ0v) is 10.9. The van der Waals surface area contributed by atoms with Gasteiger partial charge in [0.1, 0.15) is 5.82 Å². The second-order valence-electron chi connectivity index (χ2n) is 5.92. The maximum atomic E-state index is 10.6. The van der Waals surface area contributed by atoms with Gasteiger partial charge in [-0.1, -0.05) is 26.7 Å². The Morgan fingerprint density at radius 3 is 2.65 bits per heavy atom. The Morgan fingerprint density at radius 2 is 2.12 bits per heavy atom. The molecule has 0 aliphatic heterocycles. The van der Waals surface area contributed by atoms with Gasteiger partial charge in [-0.2, -0.15) is 0 Å². The first-order valence-electron chi connectivity index (χ1n) is 6.79. The van der Waals surface area contributed by atoms with Crippen molar-refractivity contribution in [3.63, 3.8) is 0 Å². The molecular weight excluding hydrogens is 212 g/mol. The largest absolute Gasteiger partial charge is 0.392 e. The van der Waals surface area contributed by atoms with Crippen LogP contribution in [-0.2, 0) is 6.42 Å². The van der Waals surface area contributed by atoms with Crippen LogP contribution in [0.1, 0.15) is 51.8 Å². The predicted molar refractivity (Wildman–Crippen MR) is 68.7 cm³/mol. The van der Waals surface area contributed by atoms with Gasteiger partial charge in [-0.25, -0.2) is 4.98 Å². The summed E-state index contributed by atoms with van der Waals surface area (Å²) in [7, 11) is 0. The Morgan fingerprint density at radius 1 is 1.41 bits per heavy atom. The molecule has 1 aromatic heterocycles. The van der Waals surface area contributed by atoms with Crippen molar-refractivity contribution in [2.45, 2.75) is 58.5 Å². The smallest absolute Gasteiger partial charge is 0.108 e. The first-order chi connectivity index (χ1) is 8.12. The summed E-state index contributed by atoms with van der Waals surface area (Å²) in [4.78, 5) is 7.31. The zero-order valence-electron chi connectivity index (χ0n) is 10.9. The number of aliphatic hydroxyl groups is 1. The van der Waals surface area contributed by atoms with Gasteiger partial charge in [-0.05, 0) is 30.6 Å². The van der Waals surface area contributed by atoms with Crippen LogP contribution >= 0.6 is 0 Å². The summed E-state index contributed by atoms with van der Waals surface area (Å²) in [6.07, 6.45) is 10.0. The highest BCUT2D eigenvalue weighted by Gasteiger charge is 2.40. The molecule has 1 heterocycles. The van der Waals surface area contributed by atoms with Crippen LogP contribution in [0, 0.1) is 11.3 Å². The molecule has 1 unspecified atom stereocenters. The number of nitrogens with one attached hydrogen (secondary N) is 1. The summed E-state index contributed by atoms with van der Waals surface area (Å²) in [5.41, 5.74) is 0.140. The highest BCUT2D eigenvalue weighted by molar-refractivity contribution is 4.98. The third-order valence-electron chi connectivity index (χ3n) is 4.06. The van der Waals surface area contributed by atoms with Crippen LogP contribution in [-0.4, -0.2) is 21.2 Å². The van der Waals surface area contributed by atoms with Crippen LogP contribution in [0.15, 0.2) is 12.4 Å². The molecule has 1 fully saturated rings. The van der Waals surface area contributed by atoms with Crippen molar-refractivity contribution in [3.8, 4) is 0 Å². The number of H-pyrrole nitrogens is 1. The van der Waals surface area contributed by atoms with Gasteiger partial charge in [0.05, 0.1) is 6.10 Å². The normalized spacial score (nSPS) is 20.9. The Kier molecular flexibility index (Phi) is 3.87. The topological polar surface area (TPSA) is 48.9 Å².